The zero-order valence-electron chi connectivity index (χ0n) is 11.1. The SMILES string of the molecule is CCc1c(OC)ccc(/C=N/NC(C)=O)c1OC. The van der Waals surface area contributed by atoms with Crippen molar-refractivity contribution in [3.05, 3.63) is 23.3 Å². The molecule has 0 saturated carbocycles. The van der Waals surface area contributed by atoms with Crippen LogP contribution in [-0.4, -0.2) is 26.3 Å². The van der Waals surface area contributed by atoms with E-state index >= 15 is 0 Å². The summed E-state index contributed by atoms with van der Waals surface area (Å²) in [5.74, 6) is 1.28. The lowest BCUT2D eigenvalue weighted by atomic mass is 10.1. The van der Waals surface area contributed by atoms with Gasteiger partial charge in [-0.25, -0.2) is 5.43 Å². The van der Waals surface area contributed by atoms with E-state index in [0.717, 1.165) is 23.3 Å². The number of ether oxygens (including phenoxy) is 2. The Morgan fingerprint density at radius 2 is 2.11 bits per heavy atom. The van der Waals surface area contributed by atoms with Crippen LogP contribution >= 0.6 is 0 Å². The molecule has 0 radical (unpaired) electrons. The number of nitrogens with zero attached hydrogens (tertiary/aromatic N) is 1. The lowest BCUT2D eigenvalue weighted by molar-refractivity contribution is -0.118. The maximum Gasteiger partial charge on any atom is 0.236 e. The molecule has 1 aromatic rings. The van der Waals surface area contributed by atoms with Crippen molar-refractivity contribution < 1.29 is 14.3 Å². The molecule has 0 aromatic heterocycles. The van der Waals surface area contributed by atoms with Crippen LogP contribution in [0.2, 0.25) is 0 Å². The fourth-order valence-electron chi connectivity index (χ4n) is 1.69. The highest BCUT2D eigenvalue weighted by molar-refractivity contribution is 5.86. The predicted molar refractivity (Wildman–Crippen MR) is 70.3 cm³/mol. The van der Waals surface area contributed by atoms with Crippen molar-refractivity contribution in [2.45, 2.75) is 20.3 Å². The minimum Gasteiger partial charge on any atom is -0.496 e. The van der Waals surface area contributed by atoms with Crippen molar-refractivity contribution in [2.24, 2.45) is 5.10 Å². The molecule has 0 atom stereocenters. The van der Waals surface area contributed by atoms with Gasteiger partial charge in [-0.2, -0.15) is 5.10 Å². The summed E-state index contributed by atoms with van der Waals surface area (Å²) in [4.78, 5) is 10.7. The molecule has 1 aromatic carbocycles. The molecule has 1 rings (SSSR count). The van der Waals surface area contributed by atoms with Gasteiger partial charge in [-0.05, 0) is 18.6 Å². The summed E-state index contributed by atoms with van der Waals surface area (Å²) >= 11 is 0. The summed E-state index contributed by atoms with van der Waals surface area (Å²) in [5.41, 5.74) is 4.13. The largest absolute Gasteiger partial charge is 0.496 e. The summed E-state index contributed by atoms with van der Waals surface area (Å²) in [5, 5.41) is 3.84. The van der Waals surface area contributed by atoms with E-state index in [9.17, 15) is 4.79 Å². The minimum absolute atomic E-state index is 0.213. The van der Waals surface area contributed by atoms with Gasteiger partial charge in [0.15, 0.2) is 0 Å². The highest BCUT2D eigenvalue weighted by atomic mass is 16.5. The van der Waals surface area contributed by atoms with Crippen LogP contribution in [0.1, 0.15) is 25.0 Å². The molecule has 0 bridgehead atoms. The molecule has 0 aliphatic rings. The number of rotatable bonds is 5. The average molecular weight is 250 g/mol. The summed E-state index contributed by atoms with van der Waals surface area (Å²) in [6, 6.07) is 3.69. The number of carbonyl (C=O) groups excluding carboxylic acids is 1. The third-order valence-corrected chi connectivity index (χ3v) is 2.45. The lowest BCUT2D eigenvalue weighted by Crippen LogP contribution is -2.12. The Morgan fingerprint density at radius 1 is 1.39 bits per heavy atom. The van der Waals surface area contributed by atoms with Gasteiger partial charge < -0.3 is 9.47 Å². The molecule has 5 heteroatoms. The molecule has 98 valence electrons. The molecule has 0 saturated heterocycles. The van der Waals surface area contributed by atoms with Crippen molar-refractivity contribution in [2.75, 3.05) is 14.2 Å². The van der Waals surface area contributed by atoms with Crippen molar-refractivity contribution in [3.8, 4) is 11.5 Å². The number of carbonyl (C=O) groups is 1. The molecule has 1 N–H and O–H groups in total. The standard InChI is InChI=1S/C13H18N2O3/c1-5-11-12(17-3)7-6-10(13(11)18-4)8-14-15-9(2)16/h6-8H,5H2,1-4H3,(H,15,16)/b14-8+. The molecular weight excluding hydrogens is 232 g/mol. The summed E-state index contributed by atoms with van der Waals surface area (Å²) in [6.45, 7) is 3.43. The molecule has 0 aliphatic carbocycles. The minimum atomic E-state index is -0.213. The summed E-state index contributed by atoms with van der Waals surface area (Å²) < 4.78 is 10.7. The Kier molecular flexibility index (Phi) is 5.17. The van der Waals surface area contributed by atoms with Gasteiger partial charge >= 0.3 is 0 Å². The van der Waals surface area contributed by atoms with E-state index in [1.54, 1.807) is 20.4 Å². The molecule has 0 aliphatic heterocycles. The van der Waals surface area contributed by atoms with Gasteiger partial charge in [0.05, 0.1) is 20.4 Å². The molecule has 0 spiro atoms. The normalized spacial score (nSPS) is 10.4. The first-order valence-corrected chi connectivity index (χ1v) is 5.67. The number of benzene rings is 1. The van der Waals surface area contributed by atoms with Gasteiger partial charge in [-0.3, -0.25) is 4.79 Å². The zero-order chi connectivity index (χ0) is 13.5. The fraction of sp³-hybridized carbons (Fsp3) is 0.385. The van der Waals surface area contributed by atoms with Crippen molar-refractivity contribution in [3.63, 3.8) is 0 Å². The third kappa shape index (κ3) is 3.23. The second kappa shape index (κ2) is 6.64. The van der Waals surface area contributed by atoms with Crippen molar-refractivity contribution in [1.82, 2.24) is 5.43 Å². The summed E-state index contributed by atoms with van der Waals surface area (Å²) in [6.07, 6.45) is 2.34. The highest BCUT2D eigenvalue weighted by Crippen LogP contribution is 2.31. The molecule has 0 heterocycles. The van der Waals surface area contributed by atoms with Gasteiger partial charge in [0.2, 0.25) is 5.91 Å². The van der Waals surface area contributed by atoms with Gasteiger partial charge in [-0.1, -0.05) is 6.92 Å². The maximum atomic E-state index is 10.7. The first kappa shape index (κ1) is 14.0. The van der Waals surface area contributed by atoms with Crippen LogP contribution in [0.25, 0.3) is 0 Å². The van der Waals surface area contributed by atoms with E-state index in [4.69, 9.17) is 9.47 Å². The van der Waals surface area contributed by atoms with E-state index < -0.39 is 0 Å². The molecule has 0 fully saturated rings. The van der Waals surface area contributed by atoms with Crippen LogP contribution in [0.3, 0.4) is 0 Å². The van der Waals surface area contributed by atoms with Gasteiger partial charge in [0.1, 0.15) is 11.5 Å². The highest BCUT2D eigenvalue weighted by Gasteiger charge is 2.12. The monoisotopic (exact) mass is 250 g/mol. The van der Waals surface area contributed by atoms with E-state index in [0.29, 0.717) is 5.75 Å². The topological polar surface area (TPSA) is 59.9 Å². The molecule has 5 nitrogen and oxygen atoms in total. The zero-order valence-corrected chi connectivity index (χ0v) is 11.1. The van der Waals surface area contributed by atoms with E-state index in [1.807, 2.05) is 19.1 Å². The smallest absolute Gasteiger partial charge is 0.236 e. The lowest BCUT2D eigenvalue weighted by Gasteiger charge is -2.13. The Bertz CT molecular complexity index is 456. The third-order valence-electron chi connectivity index (χ3n) is 2.45. The van der Waals surface area contributed by atoms with Crippen molar-refractivity contribution >= 4 is 12.1 Å². The van der Waals surface area contributed by atoms with Gasteiger partial charge in [0.25, 0.3) is 0 Å². The molecular formula is C13H18N2O3. The van der Waals surface area contributed by atoms with Crippen LogP contribution < -0.4 is 14.9 Å². The van der Waals surface area contributed by atoms with Crippen LogP contribution in [0, 0.1) is 0 Å². The Morgan fingerprint density at radius 3 is 2.61 bits per heavy atom. The number of hydrogen-bond donors (Lipinski definition) is 1. The van der Waals surface area contributed by atoms with Crippen LogP contribution in [0.5, 0.6) is 11.5 Å². The quantitative estimate of drug-likeness (QED) is 0.639. The van der Waals surface area contributed by atoms with E-state index in [-0.39, 0.29) is 5.91 Å². The Balaban J connectivity index is 3.12. The van der Waals surface area contributed by atoms with Crippen LogP contribution in [0.15, 0.2) is 17.2 Å². The number of hydrazone groups is 1. The molecule has 1 amide bonds. The fourth-order valence-corrected chi connectivity index (χ4v) is 1.69. The van der Waals surface area contributed by atoms with Gasteiger partial charge in [0, 0.05) is 18.1 Å². The number of amides is 1. The average Bonchev–Trinajstić information content (AvgIpc) is 2.37. The van der Waals surface area contributed by atoms with E-state index in [2.05, 4.69) is 10.5 Å². The second-order valence-electron chi connectivity index (χ2n) is 3.65. The Hall–Kier alpha value is -2.04. The molecule has 0 unspecified atom stereocenters. The first-order chi connectivity index (χ1) is 8.63. The van der Waals surface area contributed by atoms with E-state index in [1.165, 1.54) is 6.92 Å². The van der Waals surface area contributed by atoms with Gasteiger partial charge in [-0.15, -0.1) is 0 Å². The van der Waals surface area contributed by atoms with Crippen LogP contribution in [0.4, 0.5) is 0 Å². The number of methoxy groups -OCH3 is 2. The predicted octanol–water partition coefficient (Wildman–Crippen LogP) is 1.74. The first-order valence-electron chi connectivity index (χ1n) is 5.67. The second-order valence-corrected chi connectivity index (χ2v) is 3.65. The Labute approximate surface area is 107 Å². The summed E-state index contributed by atoms with van der Waals surface area (Å²) in [7, 11) is 3.22. The molecule has 18 heavy (non-hydrogen) atoms. The number of hydrogen-bond acceptors (Lipinski definition) is 4. The van der Waals surface area contributed by atoms with Crippen molar-refractivity contribution in [1.29, 1.82) is 0 Å². The number of nitrogens with one attached hydrogen (secondary N) is 1. The van der Waals surface area contributed by atoms with Crippen LogP contribution in [-0.2, 0) is 11.2 Å². The maximum absolute atomic E-state index is 10.7.